The molecule has 0 amide bonds. The van der Waals surface area contributed by atoms with E-state index in [-0.39, 0.29) is 0 Å². The normalized spacial score (nSPS) is 11.4. The van der Waals surface area contributed by atoms with Gasteiger partial charge in [0.05, 0.1) is 0 Å². The first kappa shape index (κ1) is 27.0. The van der Waals surface area contributed by atoms with Crippen LogP contribution in [0.2, 0.25) is 0 Å². The first-order valence-electron chi connectivity index (χ1n) is 15.7. The van der Waals surface area contributed by atoms with E-state index in [1.807, 2.05) is 78.9 Å². The fourth-order valence-corrected chi connectivity index (χ4v) is 6.50. The number of fused-ring (bicyclic) bond motifs is 4. The Bertz CT molecular complexity index is 2500. The maximum Gasteiger partial charge on any atom is 0.164 e. The molecule has 47 heavy (non-hydrogen) atoms. The quantitative estimate of drug-likeness (QED) is 0.197. The van der Waals surface area contributed by atoms with E-state index in [1.54, 1.807) is 0 Å². The average molecular weight is 602 g/mol. The van der Waals surface area contributed by atoms with Gasteiger partial charge in [-0.1, -0.05) is 140 Å². The van der Waals surface area contributed by atoms with Crippen LogP contribution in [0, 0.1) is 0 Å². The lowest BCUT2D eigenvalue weighted by Crippen LogP contribution is -2.00. The van der Waals surface area contributed by atoms with Crippen LogP contribution in [0.25, 0.3) is 89.1 Å². The molecule has 220 valence electrons. The van der Waals surface area contributed by atoms with Gasteiger partial charge in [-0.15, -0.1) is 0 Å². The maximum atomic E-state index is 6.62. The largest absolute Gasteiger partial charge is 0.455 e. The minimum atomic E-state index is 0.624. The Morgan fingerprint density at radius 2 is 0.872 bits per heavy atom. The van der Waals surface area contributed by atoms with Gasteiger partial charge in [0.2, 0.25) is 0 Å². The lowest BCUT2D eigenvalue weighted by molar-refractivity contribution is 0.670. The number of rotatable bonds is 5. The zero-order valence-corrected chi connectivity index (χ0v) is 25.3. The molecule has 0 aliphatic rings. The zero-order valence-electron chi connectivity index (χ0n) is 25.3. The van der Waals surface area contributed by atoms with Gasteiger partial charge in [0.25, 0.3) is 0 Å². The molecule has 0 radical (unpaired) electrons. The molecule has 0 fully saturated rings. The number of hydrogen-bond donors (Lipinski definition) is 0. The third kappa shape index (κ3) is 4.75. The molecule has 0 saturated carbocycles. The Morgan fingerprint density at radius 3 is 1.53 bits per heavy atom. The molecule has 0 aliphatic carbocycles. The van der Waals surface area contributed by atoms with E-state index >= 15 is 0 Å². The van der Waals surface area contributed by atoms with Crippen LogP contribution in [-0.2, 0) is 0 Å². The molecule has 9 rings (SSSR count). The Kier molecular flexibility index (Phi) is 6.43. The van der Waals surface area contributed by atoms with E-state index in [0.29, 0.717) is 17.5 Å². The summed E-state index contributed by atoms with van der Waals surface area (Å²) in [6.45, 7) is 0. The van der Waals surface area contributed by atoms with Crippen molar-refractivity contribution >= 4 is 32.7 Å². The summed E-state index contributed by atoms with van der Waals surface area (Å²) >= 11 is 0. The summed E-state index contributed by atoms with van der Waals surface area (Å²) in [5.74, 6) is 1.90. The first-order chi connectivity index (χ1) is 23.3. The molecule has 4 heteroatoms. The van der Waals surface area contributed by atoms with Crippen molar-refractivity contribution in [2.45, 2.75) is 0 Å². The fraction of sp³-hybridized carbons (Fsp3) is 0. The number of benzene rings is 7. The van der Waals surface area contributed by atoms with Crippen molar-refractivity contribution in [1.82, 2.24) is 15.0 Å². The highest BCUT2D eigenvalue weighted by Crippen LogP contribution is 2.44. The van der Waals surface area contributed by atoms with E-state index in [9.17, 15) is 0 Å². The highest BCUT2D eigenvalue weighted by Gasteiger charge is 2.20. The third-order valence-electron chi connectivity index (χ3n) is 8.72. The number of aromatic nitrogens is 3. The third-order valence-corrected chi connectivity index (χ3v) is 8.72. The second-order valence-corrected chi connectivity index (χ2v) is 11.6. The van der Waals surface area contributed by atoms with Gasteiger partial charge >= 0.3 is 0 Å². The molecule has 0 unspecified atom stereocenters. The minimum Gasteiger partial charge on any atom is -0.455 e. The monoisotopic (exact) mass is 601 g/mol. The van der Waals surface area contributed by atoms with E-state index in [2.05, 4.69) is 84.9 Å². The summed E-state index contributed by atoms with van der Waals surface area (Å²) in [6.07, 6.45) is 0. The number of furan rings is 1. The molecule has 0 atom stereocenters. The van der Waals surface area contributed by atoms with Crippen LogP contribution >= 0.6 is 0 Å². The van der Waals surface area contributed by atoms with Crippen LogP contribution in [0.1, 0.15) is 0 Å². The number of hydrogen-bond acceptors (Lipinski definition) is 4. The van der Waals surface area contributed by atoms with Crippen molar-refractivity contribution in [1.29, 1.82) is 0 Å². The van der Waals surface area contributed by atoms with Crippen LogP contribution in [-0.4, -0.2) is 15.0 Å². The van der Waals surface area contributed by atoms with Gasteiger partial charge < -0.3 is 4.42 Å². The molecule has 0 spiro atoms. The molecule has 0 saturated heterocycles. The summed E-state index contributed by atoms with van der Waals surface area (Å²) in [5.41, 5.74) is 8.93. The standard InChI is InChI=1S/C43H27N3O/c1-4-14-28(15-5-1)34-24-25-35(39-36-22-12-13-23-38(36)47-40(34)39)37-27-32(26-31-20-10-11-21-33(31)37)43-45-41(29-16-6-2-7-17-29)44-42(46-43)30-18-8-3-9-19-30/h1-27H. The highest BCUT2D eigenvalue weighted by molar-refractivity contribution is 6.18. The topological polar surface area (TPSA) is 51.8 Å². The summed E-state index contributed by atoms with van der Waals surface area (Å²) in [4.78, 5) is 15.0. The Labute approximate surface area is 271 Å². The van der Waals surface area contributed by atoms with Gasteiger partial charge in [-0.3, -0.25) is 0 Å². The van der Waals surface area contributed by atoms with Crippen molar-refractivity contribution in [3.8, 4) is 56.4 Å². The molecular formula is C43H27N3O. The molecule has 0 aliphatic heterocycles. The molecule has 4 nitrogen and oxygen atoms in total. The molecule has 0 N–H and O–H groups in total. The molecule has 2 heterocycles. The number of nitrogens with zero attached hydrogens (tertiary/aromatic N) is 3. The minimum absolute atomic E-state index is 0.624. The smallest absolute Gasteiger partial charge is 0.164 e. The van der Waals surface area contributed by atoms with Crippen molar-refractivity contribution in [3.05, 3.63) is 164 Å². The molecule has 7 aromatic carbocycles. The molecule has 2 aromatic heterocycles. The van der Waals surface area contributed by atoms with Crippen LogP contribution < -0.4 is 0 Å². The lowest BCUT2D eigenvalue weighted by atomic mass is 9.90. The lowest BCUT2D eigenvalue weighted by Gasteiger charge is -2.14. The van der Waals surface area contributed by atoms with E-state index in [0.717, 1.165) is 71.7 Å². The van der Waals surface area contributed by atoms with Crippen LogP contribution in [0.4, 0.5) is 0 Å². The van der Waals surface area contributed by atoms with Gasteiger partial charge in [-0.05, 0) is 51.7 Å². The maximum absolute atomic E-state index is 6.62. The average Bonchev–Trinajstić information content (AvgIpc) is 3.55. The van der Waals surface area contributed by atoms with Gasteiger partial charge in [-0.25, -0.2) is 15.0 Å². The van der Waals surface area contributed by atoms with Crippen molar-refractivity contribution in [2.75, 3.05) is 0 Å². The van der Waals surface area contributed by atoms with E-state index < -0.39 is 0 Å². The fourth-order valence-electron chi connectivity index (χ4n) is 6.50. The highest BCUT2D eigenvalue weighted by atomic mass is 16.3. The molecular weight excluding hydrogens is 574 g/mol. The zero-order chi connectivity index (χ0) is 31.2. The molecule has 0 bridgehead atoms. The summed E-state index contributed by atoms with van der Waals surface area (Å²) in [6, 6.07) is 56.3. The Hall–Kier alpha value is -6.39. The second-order valence-electron chi connectivity index (χ2n) is 11.6. The van der Waals surface area contributed by atoms with Gasteiger partial charge in [0.15, 0.2) is 17.5 Å². The van der Waals surface area contributed by atoms with Crippen molar-refractivity contribution in [3.63, 3.8) is 0 Å². The molecule has 9 aromatic rings. The van der Waals surface area contributed by atoms with E-state index in [4.69, 9.17) is 19.4 Å². The van der Waals surface area contributed by atoms with E-state index in [1.165, 1.54) is 0 Å². The Morgan fingerprint density at radius 1 is 0.362 bits per heavy atom. The van der Waals surface area contributed by atoms with Crippen molar-refractivity contribution < 1.29 is 4.42 Å². The number of para-hydroxylation sites is 1. The van der Waals surface area contributed by atoms with Crippen LogP contribution in [0.5, 0.6) is 0 Å². The van der Waals surface area contributed by atoms with Gasteiger partial charge in [0.1, 0.15) is 11.2 Å². The van der Waals surface area contributed by atoms with Crippen molar-refractivity contribution in [2.24, 2.45) is 0 Å². The van der Waals surface area contributed by atoms with Gasteiger partial charge in [0, 0.05) is 33.0 Å². The Balaban J connectivity index is 1.33. The predicted octanol–water partition coefficient (Wildman–Crippen LogP) is 11.3. The van der Waals surface area contributed by atoms with Gasteiger partial charge in [-0.2, -0.15) is 0 Å². The SMILES string of the molecule is c1ccc(-c2nc(-c3ccccc3)nc(-c3cc(-c4ccc(-c5ccccc5)c5oc6ccccc6c45)c4ccccc4c3)n2)cc1. The summed E-state index contributed by atoms with van der Waals surface area (Å²) in [5, 5.41) is 4.43. The van der Waals surface area contributed by atoms with Crippen LogP contribution in [0.15, 0.2) is 168 Å². The predicted molar refractivity (Wildman–Crippen MR) is 192 cm³/mol. The first-order valence-corrected chi connectivity index (χ1v) is 15.7. The van der Waals surface area contributed by atoms with Crippen LogP contribution in [0.3, 0.4) is 0 Å². The second kappa shape index (κ2) is 11.2. The summed E-state index contributed by atoms with van der Waals surface area (Å²) < 4.78 is 6.62. The summed E-state index contributed by atoms with van der Waals surface area (Å²) in [7, 11) is 0.